The lowest BCUT2D eigenvalue weighted by atomic mass is 10.1. The van der Waals surface area contributed by atoms with Gasteiger partial charge in [0.2, 0.25) is 5.91 Å². The Labute approximate surface area is 178 Å². The molecule has 0 fully saturated rings. The van der Waals surface area contributed by atoms with Crippen LogP contribution >= 0.6 is 11.3 Å². The third kappa shape index (κ3) is 3.07. The molecule has 1 aliphatic rings. The van der Waals surface area contributed by atoms with Gasteiger partial charge < -0.3 is 5.32 Å². The Morgan fingerprint density at radius 2 is 1.70 bits per heavy atom. The highest BCUT2D eigenvalue weighted by molar-refractivity contribution is 7.93. The Morgan fingerprint density at radius 3 is 2.43 bits per heavy atom. The summed E-state index contributed by atoms with van der Waals surface area (Å²) in [7, 11) is -3.77. The van der Waals surface area contributed by atoms with Crippen LogP contribution in [0.1, 0.15) is 16.5 Å². The average molecular weight is 435 g/mol. The van der Waals surface area contributed by atoms with Gasteiger partial charge in [-0.2, -0.15) is 0 Å². The minimum absolute atomic E-state index is 0.251. The summed E-state index contributed by atoms with van der Waals surface area (Å²) >= 11 is 1.55. The van der Waals surface area contributed by atoms with E-state index in [9.17, 15) is 13.2 Å². The minimum atomic E-state index is -3.77. The zero-order valence-electron chi connectivity index (χ0n) is 15.9. The first-order chi connectivity index (χ1) is 14.6. The van der Waals surface area contributed by atoms with Crippen LogP contribution < -0.4 is 9.62 Å². The number of carbonyl (C=O) groups excluding carboxylic acids is 1. The lowest BCUT2D eigenvalue weighted by Gasteiger charge is -2.22. The molecule has 2 heterocycles. The van der Waals surface area contributed by atoms with Gasteiger partial charge in [0, 0.05) is 10.3 Å². The van der Waals surface area contributed by atoms with E-state index in [4.69, 9.17) is 0 Å². The van der Waals surface area contributed by atoms with E-state index in [0.29, 0.717) is 11.1 Å². The lowest BCUT2D eigenvalue weighted by molar-refractivity contribution is -0.120. The van der Waals surface area contributed by atoms with Crippen molar-refractivity contribution in [2.75, 3.05) is 10.8 Å². The molecule has 1 amide bonds. The second kappa shape index (κ2) is 7.27. The Balaban J connectivity index is 1.46. The van der Waals surface area contributed by atoms with E-state index in [1.807, 2.05) is 66.0 Å². The third-order valence-electron chi connectivity index (χ3n) is 5.23. The maximum atomic E-state index is 13.1. The molecule has 5 rings (SSSR count). The van der Waals surface area contributed by atoms with Crippen LogP contribution in [0.25, 0.3) is 10.8 Å². The van der Waals surface area contributed by atoms with E-state index in [2.05, 4.69) is 5.32 Å². The number of nitrogens with zero attached hydrogens (tertiary/aromatic N) is 1. The highest BCUT2D eigenvalue weighted by Crippen LogP contribution is 2.41. The first-order valence-electron chi connectivity index (χ1n) is 9.48. The number of nitrogens with one attached hydrogen (secondary N) is 1. The maximum absolute atomic E-state index is 13.1. The smallest absolute Gasteiger partial charge is 0.265 e. The molecule has 0 radical (unpaired) electrons. The number of rotatable bonds is 5. The Hall–Kier alpha value is -3.16. The molecule has 0 aliphatic carbocycles. The molecule has 150 valence electrons. The van der Waals surface area contributed by atoms with Crippen LogP contribution in [0.3, 0.4) is 0 Å². The van der Waals surface area contributed by atoms with Crippen molar-refractivity contribution < 1.29 is 13.2 Å². The van der Waals surface area contributed by atoms with E-state index in [-0.39, 0.29) is 23.4 Å². The predicted molar refractivity (Wildman–Crippen MR) is 119 cm³/mol. The quantitative estimate of drug-likeness (QED) is 0.509. The van der Waals surface area contributed by atoms with E-state index >= 15 is 0 Å². The largest absolute Gasteiger partial charge is 0.343 e. The van der Waals surface area contributed by atoms with Crippen molar-refractivity contribution in [3.05, 3.63) is 94.7 Å². The maximum Gasteiger partial charge on any atom is 0.265 e. The summed E-state index contributed by atoms with van der Waals surface area (Å²) in [6.07, 6.45) is 0. The van der Waals surface area contributed by atoms with Gasteiger partial charge in [0.05, 0.1) is 16.6 Å². The van der Waals surface area contributed by atoms with Crippen LogP contribution in [0.4, 0.5) is 5.69 Å². The Bertz CT molecular complexity index is 1330. The van der Waals surface area contributed by atoms with Crippen LogP contribution in [0.2, 0.25) is 0 Å². The van der Waals surface area contributed by atoms with Gasteiger partial charge in [-0.3, -0.25) is 9.10 Å². The van der Waals surface area contributed by atoms with Crippen LogP contribution in [-0.2, 0) is 14.8 Å². The number of hydrogen-bond donors (Lipinski definition) is 1. The number of benzene rings is 3. The standard InChI is InChI=1S/C23H18N2O3S2/c26-21(24-23(19-12-6-14-29-19)17-7-2-1-3-8-17)15-25-18-11-4-9-16-10-5-13-20(22(16)18)30(25,27)28/h1-14,23H,15H2,(H,24,26). The molecule has 0 saturated carbocycles. The normalized spacial score (nSPS) is 15.3. The second-order valence-electron chi connectivity index (χ2n) is 7.07. The second-order valence-corrected chi connectivity index (χ2v) is 9.88. The van der Waals surface area contributed by atoms with Crippen LogP contribution in [0.5, 0.6) is 0 Å². The molecule has 1 atom stereocenters. The average Bonchev–Trinajstić information content (AvgIpc) is 3.36. The zero-order valence-corrected chi connectivity index (χ0v) is 17.5. The highest BCUT2D eigenvalue weighted by Gasteiger charge is 2.37. The van der Waals surface area contributed by atoms with Gasteiger partial charge in [0.1, 0.15) is 6.54 Å². The van der Waals surface area contributed by atoms with Gasteiger partial charge in [-0.15, -0.1) is 11.3 Å². The first-order valence-corrected chi connectivity index (χ1v) is 11.8. The van der Waals surface area contributed by atoms with Crippen LogP contribution in [0, 0.1) is 0 Å². The molecule has 1 aliphatic heterocycles. The van der Waals surface area contributed by atoms with Gasteiger partial charge in [0.15, 0.2) is 0 Å². The van der Waals surface area contributed by atoms with E-state index in [0.717, 1.165) is 15.8 Å². The molecular formula is C23H18N2O3S2. The summed E-state index contributed by atoms with van der Waals surface area (Å²) < 4.78 is 27.5. The third-order valence-corrected chi connectivity index (χ3v) is 7.97. The fourth-order valence-corrected chi connectivity index (χ4v) is 6.35. The molecule has 30 heavy (non-hydrogen) atoms. The van der Waals surface area contributed by atoms with E-state index < -0.39 is 10.0 Å². The number of thiophene rings is 1. The van der Waals surface area contributed by atoms with Crippen molar-refractivity contribution in [2.24, 2.45) is 0 Å². The highest BCUT2D eigenvalue weighted by atomic mass is 32.2. The molecule has 1 aromatic heterocycles. The summed E-state index contributed by atoms with van der Waals surface area (Å²) in [4.78, 5) is 14.3. The predicted octanol–water partition coefficient (Wildman–Crippen LogP) is 4.32. The van der Waals surface area contributed by atoms with Crippen molar-refractivity contribution in [1.82, 2.24) is 5.32 Å². The molecule has 7 heteroatoms. The molecular weight excluding hydrogens is 416 g/mol. The van der Waals surface area contributed by atoms with Crippen molar-refractivity contribution in [1.29, 1.82) is 0 Å². The number of amides is 1. The van der Waals surface area contributed by atoms with Crippen LogP contribution in [-0.4, -0.2) is 20.9 Å². The molecule has 0 spiro atoms. The van der Waals surface area contributed by atoms with Crippen LogP contribution in [0.15, 0.2) is 89.1 Å². The Morgan fingerprint density at radius 1 is 0.933 bits per heavy atom. The molecule has 3 aromatic carbocycles. The Kier molecular flexibility index (Phi) is 4.56. The number of hydrogen-bond acceptors (Lipinski definition) is 4. The van der Waals surface area contributed by atoms with Gasteiger partial charge in [-0.1, -0.05) is 60.7 Å². The van der Waals surface area contributed by atoms with Crippen molar-refractivity contribution >= 4 is 43.7 Å². The summed E-state index contributed by atoms with van der Waals surface area (Å²) in [5.41, 5.74) is 1.49. The van der Waals surface area contributed by atoms with Gasteiger partial charge in [-0.05, 0) is 34.5 Å². The van der Waals surface area contributed by atoms with Crippen molar-refractivity contribution in [3.8, 4) is 0 Å². The minimum Gasteiger partial charge on any atom is -0.343 e. The SMILES string of the molecule is O=C(CN1c2cccc3cccc(c23)S1(=O)=O)NC(c1ccccc1)c1cccs1. The molecule has 5 nitrogen and oxygen atoms in total. The van der Waals surface area contributed by atoms with E-state index in [1.165, 1.54) is 4.31 Å². The molecule has 0 saturated heterocycles. The number of anilines is 1. The van der Waals surface area contributed by atoms with Crippen molar-refractivity contribution in [2.45, 2.75) is 10.9 Å². The first kappa shape index (κ1) is 18.8. The molecule has 1 N–H and O–H groups in total. The topological polar surface area (TPSA) is 66.5 Å². The molecule has 0 bridgehead atoms. The van der Waals surface area contributed by atoms with Gasteiger partial charge >= 0.3 is 0 Å². The fraction of sp³-hybridized carbons (Fsp3) is 0.0870. The van der Waals surface area contributed by atoms with Crippen molar-refractivity contribution in [3.63, 3.8) is 0 Å². The van der Waals surface area contributed by atoms with Gasteiger partial charge in [0.25, 0.3) is 10.0 Å². The summed E-state index contributed by atoms with van der Waals surface area (Å²) in [5.74, 6) is -0.356. The van der Waals surface area contributed by atoms with Gasteiger partial charge in [-0.25, -0.2) is 8.42 Å². The van der Waals surface area contributed by atoms with E-state index in [1.54, 1.807) is 29.5 Å². The number of sulfonamides is 1. The molecule has 1 unspecified atom stereocenters. The lowest BCUT2D eigenvalue weighted by Crippen LogP contribution is -2.40. The molecule has 4 aromatic rings. The fourth-order valence-electron chi connectivity index (χ4n) is 3.89. The summed E-state index contributed by atoms with van der Waals surface area (Å²) in [5, 5.41) is 6.50. The summed E-state index contributed by atoms with van der Waals surface area (Å²) in [6.45, 7) is -0.273. The monoisotopic (exact) mass is 434 g/mol. The zero-order chi connectivity index (χ0) is 20.7. The summed E-state index contributed by atoms with van der Waals surface area (Å²) in [6, 6.07) is 23.9. The number of carbonyl (C=O) groups is 1.